The smallest absolute Gasteiger partial charge is 0.427 e. The summed E-state index contributed by atoms with van der Waals surface area (Å²) >= 11 is 0. The van der Waals surface area contributed by atoms with Gasteiger partial charge in [0, 0.05) is 5.57 Å². The number of rotatable bonds is 3. The Labute approximate surface area is 95.6 Å². The number of hydrogen-bond acceptors (Lipinski definition) is 4. The van der Waals surface area contributed by atoms with Gasteiger partial charge in [0.15, 0.2) is 0 Å². The van der Waals surface area contributed by atoms with Crippen LogP contribution in [0.15, 0.2) is 12.2 Å². The highest BCUT2D eigenvalue weighted by atomic mass is 16.7. The second kappa shape index (κ2) is 5.14. The summed E-state index contributed by atoms with van der Waals surface area (Å²) in [6.07, 6.45) is 3.64. The van der Waals surface area contributed by atoms with Crippen molar-refractivity contribution in [1.29, 1.82) is 0 Å². The molecule has 1 fully saturated rings. The molecule has 0 amide bonds. The quantitative estimate of drug-likeness (QED) is 0.421. The fourth-order valence-corrected chi connectivity index (χ4v) is 1.91. The van der Waals surface area contributed by atoms with Crippen LogP contribution in [0, 0.1) is 0 Å². The highest BCUT2D eigenvalue weighted by Crippen LogP contribution is 2.36. The van der Waals surface area contributed by atoms with E-state index in [0.717, 1.165) is 32.1 Å². The minimum atomic E-state index is -0.906. The maximum Gasteiger partial charge on any atom is 0.516 e. The molecule has 4 nitrogen and oxygen atoms in total. The fourth-order valence-electron chi connectivity index (χ4n) is 1.91. The van der Waals surface area contributed by atoms with Gasteiger partial charge in [0.1, 0.15) is 5.60 Å². The van der Waals surface area contributed by atoms with Crippen LogP contribution < -0.4 is 0 Å². The van der Waals surface area contributed by atoms with Gasteiger partial charge in [-0.1, -0.05) is 13.5 Å². The molecule has 0 atom stereocenters. The second-order valence-corrected chi connectivity index (χ2v) is 4.27. The first kappa shape index (κ1) is 12.7. The summed E-state index contributed by atoms with van der Waals surface area (Å²) in [7, 11) is 0. The molecule has 0 N–H and O–H groups in total. The number of esters is 1. The maximum atomic E-state index is 11.4. The average Bonchev–Trinajstić information content (AvgIpc) is 2.66. The Morgan fingerprint density at radius 2 is 1.88 bits per heavy atom. The van der Waals surface area contributed by atoms with Gasteiger partial charge in [-0.3, -0.25) is 0 Å². The van der Waals surface area contributed by atoms with Gasteiger partial charge in [0.2, 0.25) is 0 Å². The highest BCUT2D eigenvalue weighted by molar-refractivity contribution is 5.93. The van der Waals surface area contributed by atoms with E-state index >= 15 is 0 Å². The topological polar surface area (TPSA) is 52.6 Å². The van der Waals surface area contributed by atoms with Crippen molar-refractivity contribution >= 4 is 12.1 Å². The van der Waals surface area contributed by atoms with E-state index in [4.69, 9.17) is 4.74 Å². The first-order valence-corrected chi connectivity index (χ1v) is 5.60. The molecule has 16 heavy (non-hydrogen) atoms. The molecule has 0 aromatic rings. The predicted octanol–water partition coefficient (Wildman–Crippen LogP) is 2.97. The summed E-state index contributed by atoms with van der Waals surface area (Å²) in [4.78, 5) is 22.5. The lowest BCUT2D eigenvalue weighted by atomic mass is 9.99. The minimum Gasteiger partial charge on any atom is -0.427 e. The van der Waals surface area contributed by atoms with Crippen LogP contribution in [-0.4, -0.2) is 17.7 Å². The van der Waals surface area contributed by atoms with E-state index in [1.54, 1.807) is 0 Å². The van der Waals surface area contributed by atoms with Crippen molar-refractivity contribution in [3.05, 3.63) is 12.2 Å². The zero-order valence-corrected chi connectivity index (χ0v) is 9.88. The third-order valence-electron chi connectivity index (χ3n) is 2.98. The molecule has 0 heterocycles. The van der Waals surface area contributed by atoms with E-state index in [9.17, 15) is 9.59 Å². The normalized spacial score (nSPS) is 17.9. The van der Waals surface area contributed by atoms with Crippen molar-refractivity contribution in [2.24, 2.45) is 0 Å². The van der Waals surface area contributed by atoms with Crippen molar-refractivity contribution < 1.29 is 19.1 Å². The van der Waals surface area contributed by atoms with Crippen molar-refractivity contribution in [3.63, 3.8) is 0 Å². The summed E-state index contributed by atoms with van der Waals surface area (Å²) in [5.41, 5.74) is -0.235. The molecule has 1 rings (SSSR count). The Balaban J connectivity index is 2.50. The summed E-state index contributed by atoms with van der Waals surface area (Å²) in [5, 5.41) is 0. The van der Waals surface area contributed by atoms with Gasteiger partial charge in [-0.2, -0.15) is 0 Å². The molecule has 0 unspecified atom stereocenters. The van der Waals surface area contributed by atoms with Gasteiger partial charge < -0.3 is 9.47 Å². The van der Waals surface area contributed by atoms with Crippen LogP contribution in [0.5, 0.6) is 0 Å². The Kier molecular flexibility index (Phi) is 4.10. The molecule has 90 valence electrons. The SMILES string of the molecule is C=C(C)C(=O)OC(=O)OC1(CC)CCCC1. The van der Waals surface area contributed by atoms with Crippen molar-refractivity contribution in [2.75, 3.05) is 0 Å². The third kappa shape index (κ3) is 3.08. The Morgan fingerprint density at radius 1 is 1.31 bits per heavy atom. The van der Waals surface area contributed by atoms with Gasteiger partial charge in [-0.15, -0.1) is 0 Å². The molecule has 0 aliphatic heterocycles. The first-order valence-electron chi connectivity index (χ1n) is 5.60. The molecule has 0 aromatic carbocycles. The van der Waals surface area contributed by atoms with Gasteiger partial charge in [0.25, 0.3) is 0 Å². The molecule has 1 aliphatic carbocycles. The summed E-state index contributed by atoms with van der Waals surface area (Å²) < 4.78 is 9.75. The molecular formula is C12H18O4. The molecule has 4 heteroatoms. The molecule has 0 saturated heterocycles. The maximum absolute atomic E-state index is 11.4. The van der Waals surface area contributed by atoms with E-state index in [0.29, 0.717) is 0 Å². The van der Waals surface area contributed by atoms with Gasteiger partial charge in [-0.05, 0) is 39.0 Å². The highest BCUT2D eigenvalue weighted by Gasteiger charge is 2.37. The van der Waals surface area contributed by atoms with Gasteiger partial charge in [0.05, 0.1) is 0 Å². The van der Waals surface area contributed by atoms with Crippen LogP contribution in [-0.2, 0) is 14.3 Å². The van der Waals surface area contributed by atoms with E-state index in [1.165, 1.54) is 6.92 Å². The zero-order valence-electron chi connectivity index (χ0n) is 9.88. The second-order valence-electron chi connectivity index (χ2n) is 4.27. The minimum absolute atomic E-state index is 0.189. The zero-order chi connectivity index (χ0) is 12.2. The average molecular weight is 226 g/mol. The molecule has 0 aromatic heterocycles. The summed E-state index contributed by atoms with van der Waals surface area (Å²) in [6, 6.07) is 0. The number of hydrogen-bond donors (Lipinski definition) is 0. The van der Waals surface area contributed by atoms with Crippen LogP contribution in [0.3, 0.4) is 0 Å². The van der Waals surface area contributed by atoms with Crippen LogP contribution in [0.25, 0.3) is 0 Å². The Hall–Kier alpha value is -1.32. The Bertz CT molecular complexity index is 300. The van der Waals surface area contributed by atoms with E-state index < -0.39 is 17.7 Å². The summed E-state index contributed by atoms with van der Waals surface area (Å²) in [6.45, 7) is 6.85. The monoisotopic (exact) mass is 226 g/mol. The van der Waals surface area contributed by atoms with E-state index in [2.05, 4.69) is 11.3 Å². The molecular weight excluding hydrogens is 208 g/mol. The number of carbonyl (C=O) groups excluding carboxylic acids is 2. The third-order valence-corrected chi connectivity index (χ3v) is 2.98. The predicted molar refractivity (Wildman–Crippen MR) is 58.9 cm³/mol. The lowest BCUT2D eigenvalue weighted by Gasteiger charge is -2.26. The summed E-state index contributed by atoms with van der Waals surface area (Å²) in [5.74, 6) is -0.728. The molecule has 1 aliphatic rings. The van der Waals surface area contributed by atoms with Crippen LogP contribution >= 0.6 is 0 Å². The Morgan fingerprint density at radius 3 is 2.31 bits per heavy atom. The first-order chi connectivity index (χ1) is 7.49. The standard InChI is InChI=1S/C12H18O4/c1-4-12(7-5-6-8-12)16-11(14)15-10(13)9(2)3/h2,4-8H2,1,3H3. The van der Waals surface area contributed by atoms with Crippen molar-refractivity contribution in [1.82, 2.24) is 0 Å². The molecule has 0 bridgehead atoms. The lowest BCUT2D eigenvalue weighted by molar-refractivity contribution is -0.137. The molecule has 0 radical (unpaired) electrons. The van der Waals surface area contributed by atoms with Crippen LogP contribution in [0.4, 0.5) is 4.79 Å². The van der Waals surface area contributed by atoms with E-state index in [-0.39, 0.29) is 5.57 Å². The van der Waals surface area contributed by atoms with Gasteiger partial charge >= 0.3 is 12.1 Å². The number of carbonyl (C=O) groups is 2. The van der Waals surface area contributed by atoms with Crippen LogP contribution in [0.2, 0.25) is 0 Å². The largest absolute Gasteiger partial charge is 0.516 e. The van der Waals surface area contributed by atoms with Crippen LogP contribution in [0.1, 0.15) is 46.0 Å². The number of ether oxygens (including phenoxy) is 2. The van der Waals surface area contributed by atoms with Gasteiger partial charge in [-0.25, -0.2) is 9.59 Å². The van der Waals surface area contributed by atoms with E-state index in [1.807, 2.05) is 6.92 Å². The molecule has 1 saturated carbocycles. The van der Waals surface area contributed by atoms with Crippen molar-refractivity contribution in [2.45, 2.75) is 51.6 Å². The fraction of sp³-hybridized carbons (Fsp3) is 0.667. The van der Waals surface area contributed by atoms with Crippen molar-refractivity contribution in [3.8, 4) is 0 Å². The molecule has 0 spiro atoms. The lowest BCUT2D eigenvalue weighted by Crippen LogP contribution is -2.32.